The summed E-state index contributed by atoms with van der Waals surface area (Å²) in [6.45, 7) is 0.160. The zero-order valence-electron chi connectivity index (χ0n) is 13.8. The van der Waals surface area contributed by atoms with Gasteiger partial charge in [-0.3, -0.25) is 0 Å². The SMILES string of the molecule is O=C(OCc1ccccc1)C(CCc1cccc2ccccc12)=NO. The molecule has 4 nitrogen and oxygen atoms in total. The Bertz CT molecular complexity index is 883. The van der Waals surface area contributed by atoms with E-state index in [4.69, 9.17) is 4.74 Å². The first kappa shape index (κ1) is 16.7. The maximum Gasteiger partial charge on any atom is 0.356 e. The lowest BCUT2D eigenvalue weighted by atomic mass is 10.00. The molecule has 0 saturated heterocycles. The minimum Gasteiger partial charge on any atom is -0.456 e. The maximum atomic E-state index is 12.1. The topological polar surface area (TPSA) is 58.9 Å². The van der Waals surface area contributed by atoms with Gasteiger partial charge in [0.05, 0.1) is 0 Å². The molecule has 4 heteroatoms. The van der Waals surface area contributed by atoms with E-state index in [1.807, 2.05) is 72.8 Å². The Hall–Kier alpha value is -3.14. The molecule has 0 spiro atoms. The van der Waals surface area contributed by atoms with Gasteiger partial charge in [0.1, 0.15) is 6.61 Å². The lowest BCUT2D eigenvalue weighted by Crippen LogP contribution is -2.18. The zero-order chi connectivity index (χ0) is 17.5. The second-order valence-electron chi connectivity index (χ2n) is 5.75. The molecule has 0 radical (unpaired) electrons. The summed E-state index contributed by atoms with van der Waals surface area (Å²) in [5.41, 5.74) is 2.03. The molecule has 0 saturated carbocycles. The Morgan fingerprint density at radius 1 is 0.920 bits per heavy atom. The largest absolute Gasteiger partial charge is 0.456 e. The van der Waals surface area contributed by atoms with Crippen LogP contribution in [0.2, 0.25) is 0 Å². The van der Waals surface area contributed by atoms with Gasteiger partial charge in [-0.2, -0.15) is 0 Å². The molecular formula is C21H19NO3. The number of esters is 1. The van der Waals surface area contributed by atoms with Crippen molar-refractivity contribution < 1.29 is 14.7 Å². The number of nitrogens with zero attached hydrogens (tertiary/aromatic N) is 1. The first-order chi connectivity index (χ1) is 12.3. The van der Waals surface area contributed by atoms with Crippen LogP contribution in [0.4, 0.5) is 0 Å². The van der Waals surface area contributed by atoms with Gasteiger partial charge in [-0.1, -0.05) is 78.0 Å². The molecule has 3 rings (SSSR count). The number of carbonyl (C=O) groups is 1. The smallest absolute Gasteiger partial charge is 0.356 e. The van der Waals surface area contributed by atoms with Gasteiger partial charge in [0, 0.05) is 6.42 Å². The van der Waals surface area contributed by atoms with E-state index in [-0.39, 0.29) is 12.3 Å². The fraction of sp³-hybridized carbons (Fsp3) is 0.143. The quantitative estimate of drug-likeness (QED) is 0.316. The number of ether oxygens (including phenoxy) is 1. The average molecular weight is 333 g/mol. The molecule has 0 aromatic heterocycles. The average Bonchev–Trinajstić information content (AvgIpc) is 2.67. The molecular weight excluding hydrogens is 314 g/mol. The van der Waals surface area contributed by atoms with Crippen LogP contribution in [0.15, 0.2) is 78.0 Å². The number of benzene rings is 3. The van der Waals surface area contributed by atoms with E-state index in [1.165, 1.54) is 0 Å². The minimum absolute atomic E-state index is 0.0314. The summed E-state index contributed by atoms with van der Waals surface area (Å²) in [5, 5.41) is 14.6. The number of oxime groups is 1. The van der Waals surface area contributed by atoms with E-state index in [2.05, 4.69) is 5.16 Å². The third kappa shape index (κ3) is 4.23. The molecule has 0 aliphatic rings. The summed E-state index contributed by atoms with van der Waals surface area (Å²) in [4.78, 5) is 12.1. The predicted octanol–water partition coefficient (Wildman–Crippen LogP) is 4.35. The molecule has 25 heavy (non-hydrogen) atoms. The van der Waals surface area contributed by atoms with Crippen LogP contribution >= 0.6 is 0 Å². The standard InChI is InChI=1S/C21H19NO3/c23-21(25-15-16-7-2-1-3-8-16)20(22-24)14-13-18-11-6-10-17-9-4-5-12-19(17)18/h1-12,24H,13-15H2. The van der Waals surface area contributed by atoms with Crippen molar-refractivity contribution in [2.24, 2.45) is 5.16 Å². The summed E-state index contributed by atoms with van der Waals surface area (Å²) in [7, 11) is 0. The van der Waals surface area contributed by atoms with Crippen molar-refractivity contribution in [1.29, 1.82) is 0 Å². The number of hydrogen-bond donors (Lipinski definition) is 1. The van der Waals surface area contributed by atoms with Gasteiger partial charge in [0.2, 0.25) is 0 Å². The molecule has 0 unspecified atom stereocenters. The molecule has 3 aromatic carbocycles. The number of rotatable bonds is 6. The van der Waals surface area contributed by atoms with Crippen molar-refractivity contribution >= 4 is 22.5 Å². The molecule has 1 N–H and O–H groups in total. The highest BCUT2D eigenvalue weighted by molar-refractivity contribution is 6.36. The summed E-state index contributed by atoms with van der Waals surface area (Å²) in [5.74, 6) is -0.591. The van der Waals surface area contributed by atoms with Gasteiger partial charge in [0.15, 0.2) is 5.71 Å². The fourth-order valence-corrected chi connectivity index (χ4v) is 2.76. The van der Waals surface area contributed by atoms with Gasteiger partial charge in [-0.25, -0.2) is 4.79 Å². The molecule has 0 aliphatic heterocycles. The van der Waals surface area contributed by atoms with Crippen molar-refractivity contribution in [1.82, 2.24) is 0 Å². The van der Waals surface area contributed by atoms with E-state index >= 15 is 0 Å². The normalized spacial score (nSPS) is 11.4. The van der Waals surface area contributed by atoms with E-state index in [0.29, 0.717) is 12.8 Å². The third-order valence-corrected chi connectivity index (χ3v) is 4.08. The monoisotopic (exact) mass is 333 g/mol. The van der Waals surface area contributed by atoms with Crippen LogP contribution in [-0.2, 0) is 22.6 Å². The van der Waals surface area contributed by atoms with Crippen molar-refractivity contribution in [3.8, 4) is 0 Å². The van der Waals surface area contributed by atoms with Crippen molar-refractivity contribution in [2.45, 2.75) is 19.4 Å². The Labute approximate surface area is 146 Å². The molecule has 3 aromatic rings. The maximum absolute atomic E-state index is 12.1. The molecule has 0 aliphatic carbocycles. The Balaban J connectivity index is 1.63. The van der Waals surface area contributed by atoms with E-state index < -0.39 is 5.97 Å². The minimum atomic E-state index is -0.591. The fourth-order valence-electron chi connectivity index (χ4n) is 2.76. The number of carbonyl (C=O) groups excluding carboxylic acids is 1. The van der Waals surface area contributed by atoms with Crippen LogP contribution < -0.4 is 0 Å². The molecule has 0 amide bonds. The van der Waals surface area contributed by atoms with E-state index in [0.717, 1.165) is 21.9 Å². The Morgan fingerprint density at radius 3 is 2.44 bits per heavy atom. The van der Waals surface area contributed by atoms with Crippen molar-refractivity contribution in [2.75, 3.05) is 0 Å². The molecule has 0 heterocycles. The van der Waals surface area contributed by atoms with Gasteiger partial charge >= 0.3 is 5.97 Å². The van der Waals surface area contributed by atoms with Crippen LogP contribution in [0.25, 0.3) is 10.8 Å². The Kier molecular flexibility index (Phi) is 5.42. The number of hydrogen-bond acceptors (Lipinski definition) is 4. The summed E-state index contributed by atoms with van der Waals surface area (Å²) in [6.07, 6.45) is 0.916. The molecule has 0 bridgehead atoms. The highest BCUT2D eigenvalue weighted by atomic mass is 16.5. The second kappa shape index (κ2) is 8.11. The highest BCUT2D eigenvalue weighted by Gasteiger charge is 2.15. The molecule has 0 atom stereocenters. The van der Waals surface area contributed by atoms with Crippen LogP contribution in [0.1, 0.15) is 17.5 Å². The Morgan fingerprint density at radius 2 is 1.64 bits per heavy atom. The summed E-state index contributed by atoms with van der Waals surface area (Å²) < 4.78 is 5.23. The zero-order valence-corrected chi connectivity index (χ0v) is 13.8. The van der Waals surface area contributed by atoms with Crippen molar-refractivity contribution in [3.63, 3.8) is 0 Å². The van der Waals surface area contributed by atoms with E-state index in [1.54, 1.807) is 0 Å². The second-order valence-corrected chi connectivity index (χ2v) is 5.75. The lowest BCUT2D eigenvalue weighted by Gasteiger charge is -2.08. The van der Waals surface area contributed by atoms with Gasteiger partial charge < -0.3 is 9.94 Å². The van der Waals surface area contributed by atoms with Crippen molar-refractivity contribution in [3.05, 3.63) is 83.9 Å². The number of fused-ring (bicyclic) bond motifs is 1. The number of aryl methyl sites for hydroxylation is 1. The first-order valence-corrected chi connectivity index (χ1v) is 8.16. The van der Waals surface area contributed by atoms with Gasteiger partial charge in [-0.15, -0.1) is 0 Å². The molecule has 126 valence electrons. The van der Waals surface area contributed by atoms with Crippen LogP contribution in [0.5, 0.6) is 0 Å². The van der Waals surface area contributed by atoms with Crippen LogP contribution in [0.3, 0.4) is 0 Å². The summed E-state index contributed by atoms with van der Waals surface area (Å²) >= 11 is 0. The highest BCUT2D eigenvalue weighted by Crippen LogP contribution is 2.20. The van der Waals surface area contributed by atoms with Crippen LogP contribution in [0, 0.1) is 0 Å². The summed E-state index contributed by atoms with van der Waals surface area (Å²) in [6, 6.07) is 23.5. The third-order valence-electron chi connectivity index (χ3n) is 4.08. The van der Waals surface area contributed by atoms with E-state index in [9.17, 15) is 10.0 Å². The lowest BCUT2D eigenvalue weighted by molar-refractivity contribution is -0.137. The first-order valence-electron chi connectivity index (χ1n) is 8.16. The predicted molar refractivity (Wildman–Crippen MR) is 97.7 cm³/mol. The van der Waals surface area contributed by atoms with Gasteiger partial charge in [0.25, 0.3) is 0 Å². The molecule has 0 fully saturated rings. The van der Waals surface area contributed by atoms with Gasteiger partial charge in [-0.05, 0) is 28.3 Å². The van der Waals surface area contributed by atoms with Crippen LogP contribution in [-0.4, -0.2) is 16.9 Å².